The van der Waals surface area contributed by atoms with Gasteiger partial charge >= 0.3 is 6.09 Å². The van der Waals surface area contributed by atoms with Crippen LogP contribution in [0.2, 0.25) is 0 Å². The number of aliphatic hydroxyl groups excluding tert-OH is 1. The first-order chi connectivity index (χ1) is 8.40. The summed E-state index contributed by atoms with van der Waals surface area (Å²) >= 11 is 0. The van der Waals surface area contributed by atoms with Crippen molar-refractivity contribution < 1.29 is 14.6 Å². The van der Waals surface area contributed by atoms with E-state index in [0.29, 0.717) is 11.8 Å². The van der Waals surface area contributed by atoms with E-state index in [-0.39, 0.29) is 24.7 Å². The van der Waals surface area contributed by atoms with Gasteiger partial charge in [-0.15, -0.1) is 0 Å². The Balaban J connectivity index is 1.91. The molecule has 0 aromatic heterocycles. The molecule has 0 aromatic carbocycles. The standard InChI is InChI=1S/C14H25NO3/c1-14(2,3)18-13(17)15-12(10-6-7-10)11(8-16)9-4-5-9/h9-12,16H,4-8H2,1-3H3,(H,15,17). The zero-order valence-electron chi connectivity index (χ0n) is 11.6. The Morgan fingerprint density at radius 2 is 1.83 bits per heavy atom. The average molecular weight is 255 g/mol. The summed E-state index contributed by atoms with van der Waals surface area (Å²) in [5.74, 6) is 1.34. The van der Waals surface area contributed by atoms with Crippen LogP contribution in [0, 0.1) is 17.8 Å². The summed E-state index contributed by atoms with van der Waals surface area (Å²) in [6.45, 7) is 5.76. The fourth-order valence-corrected chi connectivity index (χ4v) is 2.55. The lowest BCUT2D eigenvalue weighted by Gasteiger charge is -2.28. The summed E-state index contributed by atoms with van der Waals surface area (Å²) in [5, 5.41) is 12.5. The molecule has 2 rings (SSSR count). The summed E-state index contributed by atoms with van der Waals surface area (Å²) in [6.07, 6.45) is 4.33. The van der Waals surface area contributed by atoms with E-state index in [1.807, 2.05) is 20.8 Å². The number of hydrogen-bond acceptors (Lipinski definition) is 3. The highest BCUT2D eigenvalue weighted by molar-refractivity contribution is 5.68. The average Bonchev–Trinajstić information content (AvgIpc) is 3.09. The predicted octanol–water partition coefficient (Wildman–Crippen LogP) is 2.31. The van der Waals surface area contributed by atoms with E-state index >= 15 is 0 Å². The van der Waals surface area contributed by atoms with Gasteiger partial charge in [0.15, 0.2) is 0 Å². The number of rotatable bonds is 5. The van der Waals surface area contributed by atoms with Gasteiger partial charge in [0.1, 0.15) is 5.60 Å². The number of alkyl carbamates (subject to hydrolysis) is 1. The molecule has 2 aliphatic carbocycles. The van der Waals surface area contributed by atoms with Crippen LogP contribution in [-0.2, 0) is 4.74 Å². The number of ether oxygens (including phenoxy) is 1. The summed E-state index contributed by atoms with van der Waals surface area (Å²) in [4.78, 5) is 11.8. The fraction of sp³-hybridized carbons (Fsp3) is 0.929. The van der Waals surface area contributed by atoms with Crippen LogP contribution in [0.4, 0.5) is 4.79 Å². The molecule has 0 radical (unpaired) electrons. The van der Waals surface area contributed by atoms with Crippen LogP contribution in [0.5, 0.6) is 0 Å². The maximum Gasteiger partial charge on any atom is 0.407 e. The molecule has 0 aliphatic heterocycles. The Bertz CT molecular complexity index is 303. The summed E-state index contributed by atoms with van der Waals surface area (Å²) in [6, 6.07) is 0.0948. The van der Waals surface area contributed by atoms with Gasteiger partial charge in [-0.2, -0.15) is 0 Å². The summed E-state index contributed by atoms with van der Waals surface area (Å²) in [5.41, 5.74) is -0.466. The molecule has 0 aromatic rings. The van der Waals surface area contributed by atoms with Gasteiger partial charge in [-0.3, -0.25) is 0 Å². The largest absolute Gasteiger partial charge is 0.444 e. The highest BCUT2D eigenvalue weighted by atomic mass is 16.6. The van der Waals surface area contributed by atoms with E-state index in [9.17, 15) is 9.90 Å². The molecule has 2 aliphatic rings. The highest BCUT2D eigenvalue weighted by Gasteiger charge is 2.44. The minimum atomic E-state index is -0.466. The Labute approximate surface area is 109 Å². The lowest BCUT2D eigenvalue weighted by atomic mass is 9.92. The lowest BCUT2D eigenvalue weighted by Crippen LogP contribution is -2.46. The van der Waals surface area contributed by atoms with Crippen molar-refractivity contribution in [1.82, 2.24) is 5.32 Å². The Hall–Kier alpha value is -0.770. The van der Waals surface area contributed by atoms with Gasteiger partial charge in [0.2, 0.25) is 0 Å². The molecule has 2 unspecified atom stereocenters. The molecule has 2 atom stereocenters. The number of hydrogen-bond donors (Lipinski definition) is 2. The number of aliphatic hydroxyl groups is 1. The Morgan fingerprint density at radius 1 is 1.28 bits per heavy atom. The second kappa shape index (κ2) is 5.08. The Morgan fingerprint density at radius 3 is 2.22 bits per heavy atom. The van der Waals surface area contributed by atoms with Crippen molar-refractivity contribution in [2.75, 3.05) is 6.61 Å². The fourth-order valence-electron chi connectivity index (χ4n) is 2.55. The molecule has 2 saturated carbocycles. The summed E-state index contributed by atoms with van der Waals surface area (Å²) < 4.78 is 5.31. The van der Waals surface area contributed by atoms with Crippen molar-refractivity contribution in [3.05, 3.63) is 0 Å². The molecule has 0 spiro atoms. The molecule has 18 heavy (non-hydrogen) atoms. The number of carbonyl (C=O) groups excluding carboxylic acids is 1. The molecular weight excluding hydrogens is 230 g/mol. The molecular formula is C14H25NO3. The van der Waals surface area contributed by atoms with Crippen LogP contribution in [0.15, 0.2) is 0 Å². The Kier molecular flexibility index (Phi) is 3.85. The van der Waals surface area contributed by atoms with Crippen LogP contribution in [0.1, 0.15) is 46.5 Å². The van der Waals surface area contributed by atoms with Gasteiger partial charge in [-0.25, -0.2) is 4.79 Å². The van der Waals surface area contributed by atoms with E-state index in [2.05, 4.69) is 5.32 Å². The van der Waals surface area contributed by atoms with Crippen molar-refractivity contribution in [1.29, 1.82) is 0 Å². The van der Waals surface area contributed by atoms with Gasteiger partial charge in [0.05, 0.1) is 0 Å². The predicted molar refractivity (Wildman–Crippen MR) is 69.2 cm³/mol. The highest BCUT2D eigenvalue weighted by Crippen LogP contribution is 2.45. The van der Waals surface area contributed by atoms with E-state index in [4.69, 9.17) is 4.74 Å². The third-order valence-electron chi connectivity index (χ3n) is 3.71. The third-order valence-corrected chi connectivity index (χ3v) is 3.71. The van der Waals surface area contributed by atoms with Crippen LogP contribution in [0.3, 0.4) is 0 Å². The zero-order valence-corrected chi connectivity index (χ0v) is 11.6. The molecule has 1 amide bonds. The molecule has 0 heterocycles. The number of amides is 1. The van der Waals surface area contributed by atoms with Gasteiger partial charge in [0.25, 0.3) is 0 Å². The second-order valence-electron chi connectivity index (χ2n) is 6.69. The van der Waals surface area contributed by atoms with Crippen molar-refractivity contribution in [3.63, 3.8) is 0 Å². The van der Waals surface area contributed by atoms with Gasteiger partial charge in [0, 0.05) is 18.6 Å². The minimum Gasteiger partial charge on any atom is -0.444 e. The number of carbonyl (C=O) groups is 1. The first-order valence-corrected chi connectivity index (χ1v) is 7.01. The van der Waals surface area contributed by atoms with Crippen LogP contribution < -0.4 is 5.32 Å². The van der Waals surface area contributed by atoms with Crippen molar-refractivity contribution in [2.45, 2.75) is 58.1 Å². The van der Waals surface area contributed by atoms with Crippen LogP contribution in [0.25, 0.3) is 0 Å². The van der Waals surface area contributed by atoms with Gasteiger partial charge in [-0.1, -0.05) is 0 Å². The maximum atomic E-state index is 11.8. The normalized spacial score (nSPS) is 23.3. The second-order valence-corrected chi connectivity index (χ2v) is 6.69. The van der Waals surface area contributed by atoms with Crippen molar-refractivity contribution >= 4 is 6.09 Å². The van der Waals surface area contributed by atoms with E-state index in [0.717, 1.165) is 12.8 Å². The van der Waals surface area contributed by atoms with Gasteiger partial charge in [-0.05, 0) is 58.3 Å². The monoisotopic (exact) mass is 255 g/mol. The molecule has 4 heteroatoms. The SMILES string of the molecule is CC(C)(C)OC(=O)NC(C1CC1)C(CO)C1CC1. The van der Waals surface area contributed by atoms with E-state index < -0.39 is 5.60 Å². The molecule has 2 N–H and O–H groups in total. The first-order valence-electron chi connectivity index (χ1n) is 7.01. The van der Waals surface area contributed by atoms with Crippen molar-refractivity contribution in [3.8, 4) is 0 Å². The molecule has 4 nitrogen and oxygen atoms in total. The quantitative estimate of drug-likeness (QED) is 0.792. The summed E-state index contributed by atoms with van der Waals surface area (Å²) in [7, 11) is 0. The molecule has 104 valence electrons. The smallest absolute Gasteiger partial charge is 0.407 e. The van der Waals surface area contributed by atoms with E-state index in [1.54, 1.807) is 0 Å². The maximum absolute atomic E-state index is 11.8. The van der Waals surface area contributed by atoms with Crippen LogP contribution in [-0.4, -0.2) is 29.4 Å². The molecule has 2 fully saturated rings. The topological polar surface area (TPSA) is 58.6 Å². The van der Waals surface area contributed by atoms with Gasteiger partial charge < -0.3 is 15.2 Å². The zero-order chi connectivity index (χ0) is 13.3. The third kappa shape index (κ3) is 3.87. The molecule has 0 bridgehead atoms. The first kappa shape index (κ1) is 13.7. The molecule has 0 saturated heterocycles. The minimum absolute atomic E-state index is 0.0948. The van der Waals surface area contributed by atoms with E-state index in [1.165, 1.54) is 12.8 Å². The number of nitrogens with one attached hydrogen (secondary N) is 1. The lowest BCUT2D eigenvalue weighted by molar-refractivity contribution is 0.0449. The van der Waals surface area contributed by atoms with Crippen molar-refractivity contribution in [2.24, 2.45) is 17.8 Å². The van der Waals surface area contributed by atoms with Crippen LogP contribution >= 0.6 is 0 Å².